The van der Waals surface area contributed by atoms with Gasteiger partial charge in [-0.2, -0.15) is 18.6 Å². The van der Waals surface area contributed by atoms with Crippen LogP contribution in [-0.2, 0) is 4.74 Å². The zero-order chi connectivity index (χ0) is 15.2. The molecule has 0 spiro atoms. The van der Waals surface area contributed by atoms with Gasteiger partial charge in [0.15, 0.2) is 6.73 Å². The topological polar surface area (TPSA) is 36.5 Å². The van der Waals surface area contributed by atoms with Gasteiger partial charge in [0, 0.05) is 18.7 Å². The molecule has 2 N–H and O–H groups in total. The van der Waals surface area contributed by atoms with Gasteiger partial charge in [-0.15, -0.1) is 0 Å². The van der Waals surface area contributed by atoms with Crippen LogP contribution in [0.2, 0.25) is 0 Å². The number of nitrogens with zero attached hydrogens (tertiary/aromatic N) is 1. The van der Waals surface area contributed by atoms with E-state index in [1.54, 1.807) is 24.3 Å². The molecule has 3 rings (SSSR count). The second kappa shape index (κ2) is 4.98. The Balaban J connectivity index is 1.95. The number of hydrogen-bond donors (Lipinski definition) is 2. The maximum absolute atomic E-state index is 13.2. The fraction of sp³-hybridized carbons (Fsp3) is 0.571. The molecule has 0 aromatic carbocycles. The minimum Gasteiger partial charge on any atom is -0.483 e. The van der Waals surface area contributed by atoms with Crippen molar-refractivity contribution < 1.29 is 17.9 Å². The largest absolute Gasteiger partial charge is 0.483 e. The number of fused-ring (bicyclic) bond motifs is 1. The highest BCUT2D eigenvalue weighted by Crippen LogP contribution is 2.60. The zero-order valence-corrected chi connectivity index (χ0v) is 11.8. The van der Waals surface area contributed by atoms with Gasteiger partial charge in [0.2, 0.25) is 0 Å². The number of hydrazine groups is 1. The first-order chi connectivity index (χ1) is 9.93. The first kappa shape index (κ1) is 14.3. The quantitative estimate of drug-likeness (QED) is 0.819. The lowest BCUT2D eigenvalue weighted by molar-refractivity contribution is -0.151. The van der Waals surface area contributed by atoms with Crippen molar-refractivity contribution in [2.75, 3.05) is 13.8 Å². The van der Waals surface area contributed by atoms with Crippen LogP contribution in [-0.4, -0.2) is 31.0 Å². The van der Waals surface area contributed by atoms with E-state index in [0.29, 0.717) is 5.57 Å². The number of alkyl halides is 3. The van der Waals surface area contributed by atoms with Gasteiger partial charge < -0.3 is 15.1 Å². The van der Waals surface area contributed by atoms with Crippen LogP contribution in [0, 0.1) is 17.8 Å². The molecule has 0 aromatic rings. The van der Waals surface area contributed by atoms with Crippen LogP contribution in [0.1, 0.15) is 6.92 Å². The second-order valence-electron chi connectivity index (χ2n) is 5.57. The summed E-state index contributed by atoms with van der Waals surface area (Å²) in [5, 5.41) is 4.71. The third kappa shape index (κ3) is 2.50. The van der Waals surface area contributed by atoms with Crippen LogP contribution in [0.15, 0.2) is 35.9 Å². The predicted molar refractivity (Wildman–Crippen MR) is 71.3 cm³/mol. The standard InChI is InChI=1S/C14H18F3N3O/c1-8-5-9(18-2)6-10-11(12(10)14(15,16)17)13(8)20-3-4-21-7-19-20/h3-6,8,11-13,18-19H,7H2,1-2H3/t8?,11?,12?,13-/m0/s1. The monoisotopic (exact) mass is 301 g/mol. The Kier molecular flexibility index (Phi) is 3.39. The van der Waals surface area contributed by atoms with E-state index in [1.807, 2.05) is 13.0 Å². The van der Waals surface area contributed by atoms with E-state index in [-0.39, 0.29) is 18.7 Å². The molecular formula is C14H18F3N3O. The molecule has 0 saturated heterocycles. The second-order valence-corrected chi connectivity index (χ2v) is 5.57. The molecule has 1 heterocycles. The van der Waals surface area contributed by atoms with Crippen molar-refractivity contribution in [3.63, 3.8) is 0 Å². The summed E-state index contributed by atoms with van der Waals surface area (Å²) in [6, 6.07) is -0.283. The van der Waals surface area contributed by atoms with Crippen LogP contribution >= 0.6 is 0 Å². The molecule has 0 amide bonds. The van der Waals surface area contributed by atoms with Crippen LogP contribution < -0.4 is 10.7 Å². The summed E-state index contributed by atoms with van der Waals surface area (Å²) in [5.74, 6) is -1.90. The molecule has 2 aliphatic carbocycles. The van der Waals surface area contributed by atoms with Gasteiger partial charge in [0.25, 0.3) is 0 Å². The van der Waals surface area contributed by atoms with Gasteiger partial charge in [0.1, 0.15) is 6.26 Å². The molecule has 3 unspecified atom stereocenters. The molecule has 3 aliphatic rings. The number of rotatable bonds is 2. The van der Waals surface area contributed by atoms with E-state index < -0.39 is 18.0 Å². The van der Waals surface area contributed by atoms with Crippen LogP contribution in [0.4, 0.5) is 13.2 Å². The number of hydrogen-bond acceptors (Lipinski definition) is 4. The third-order valence-corrected chi connectivity index (χ3v) is 4.28. The van der Waals surface area contributed by atoms with Crippen molar-refractivity contribution in [3.8, 4) is 0 Å². The van der Waals surface area contributed by atoms with E-state index >= 15 is 0 Å². The van der Waals surface area contributed by atoms with E-state index in [9.17, 15) is 13.2 Å². The molecular weight excluding hydrogens is 283 g/mol. The molecule has 7 heteroatoms. The number of nitrogens with one attached hydrogen (secondary N) is 2. The minimum atomic E-state index is -4.19. The smallest absolute Gasteiger partial charge is 0.396 e. The predicted octanol–water partition coefficient (Wildman–Crippen LogP) is 2.11. The van der Waals surface area contributed by atoms with Gasteiger partial charge in [-0.25, -0.2) is 0 Å². The highest BCUT2D eigenvalue weighted by atomic mass is 19.4. The Hall–Kier alpha value is -1.63. The van der Waals surface area contributed by atoms with Crippen molar-refractivity contribution >= 4 is 0 Å². The Bertz CT molecular complexity index is 512. The molecule has 0 aromatic heterocycles. The van der Waals surface area contributed by atoms with Gasteiger partial charge in [-0.3, -0.25) is 0 Å². The number of halogens is 3. The fourth-order valence-electron chi connectivity index (χ4n) is 3.32. The molecule has 0 radical (unpaired) electrons. The lowest BCUT2D eigenvalue weighted by Crippen LogP contribution is -2.49. The van der Waals surface area contributed by atoms with Gasteiger partial charge in [-0.05, 0) is 17.6 Å². The van der Waals surface area contributed by atoms with Crippen molar-refractivity contribution in [1.29, 1.82) is 0 Å². The lowest BCUT2D eigenvalue weighted by atomic mass is 9.95. The summed E-state index contributed by atoms with van der Waals surface area (Å²) in [4.78, 5) is 0. The number of allylic oxidation sites excluding steroid dienone is 1. The maximum Gasteiger partial charge on any atom is 0.396 e. The van der Waals surface area contributed by atoms with Gasteiger partial charge >= 0.3 is 6.18 Å². The highest BCUT2D eigenvalue weighted by molar-refractivity contribution is 5.43. The SMILES string of the molecule is CNC1=CC(C)[C@H](N2C=COCN2)C2C(=C1)C2C(F)(F)F. The first-order valence-electron chi connectivity index (χ1n) is 6.91. The average Bonchev–Trinajstić information content (AvgIpc) is 3.14. The van der Waals surface area contributed by atoms with E-state index in [0.717, 1.165) is 5.70 Å². The molecule has 116 valence electrons. The maximum atomic E-state index is 13.2. The van der Waals surface area contributed by atoms with Crippen LogP contribution in [0.25, 0.3) is 0 Å². The van der Waals surface area contributed by atoms with E-state index in [4.69, 9.17) is 4.74 Å². The number of ether oxygens (including phenoxy) is 1. The van der Waals surface area contributed by atoms with Crippen molar-refractivity contribution in [1.82, 2.24) is 15.8 Å². The van der Waals surface area contributed by atoms with Gasteiger partial charge in [-0.1, -0.05) is 13.0 Å². The highest BCUT2D eigenvalue weighted by Gasteiger charge is 2.64. The normalized spacial score (nSPS) is 35.2. The molecule has 1 saturated carbocycles. The molecule has 4 nitrogen and oxygen atoms in total. The van der Waals surface area contributed by atoms with Crippen molar-refractivity contribution in [3.05, 3.63) is 35.9 Å². The van der Waals surface area contributed by atoms with Crippen molar-refractivity contribution in [2.24, 2.45) is 17.8 Å². The molecule has 0 bridgehead atoms. The zero-order valence-electron chi connectivity index (χ0n) is 11.8. The summed E-state index contributed by atoms with van der Waals surface area (Å²) >= 11 is 0. The average molecular weight is 301 g/mol. The molecule has 1 aliphatic heterocycles. The summed E-state index contributed by atoms with van der Waals surface area (Å²) in [6.45, 7) is 2.21. The summed E-state index contributed by atoms with van der Waals surface area (Å²) < 4.78 is 44.7. The molecule has 21 heavy (non-hydrogen) atoms. The molecule has 1 fully saturated rings. The van der Waals surface area contributed by atoms with E-state index in [1.165, 1.54) is 6.26 Å². The number of likely N-dealkylation sites (N-methyl/N-ethyl adjacent to an activating group) is 1. The van der Waals surface area contributed by atoms with Gasteiger partial charge in [0.05, 0.1) is 18.2 Å². The summed E-state index contributed by atoms with van der Waals surface area (Å²) in [6.07, 6.45) is 2.59. The fourth-order valence-corrected chi connectivity index (χ4v) is 3.32. The Morgan fingerprint density at radius 1 is 1.43 bits per heavy atom. The molecule has 4 atom stereocenters. The van der Waals surface area contributed by atoms with Crippen LogP contribution in [0.3, 0.4) is 0 Å². The van der Waals surface area contributed by atoms with E-state index in [2.05, 4.69) is 10.7 Å². The third-order valence-electron chi connectivity index (χ3n) is 4.28. The minimum absolute atomic E-state index is 0.0335. The Labute approximate surface area is 121 Å². The Morgan fingerprint density at radius 3 is 2.76 bits per heavy atom. The summed E-state index contributed by atoms with van der Waals surface area (Å²) in [5.41, 5.74) is 4.19. The first-order valence-corrected chi connectivity index (χ1v) is 6.91. The van der Waals surface area contributed by atoms with Crippen LogP contribution in [0.5, 0.6) is 0 Å². The lowest BCUT2D eigenvalue weighted by Gasteiger charge is -2.35. The summed E-state index contributed by atoms with van der Waals surface area (Å²) in [7, 11) is 1.73. The Morgan fingerprint density at radius 2 is 2.19 bits per heavy atom. The van der Waals surface area contributed by atoms with Crippen molar-refractivity contribution in [2.45, 2.75) is 19.1 Å².